The zero-order chi connectivity index (χ0) is 82.9. The van der Waals surface area contributed by atoms with Crippen LogP contribution in [-0.4, -0.2) is 235 Å². The van der Waals surface area contributed by atoms with Gasteiger partial charge in [0.05, 0.1) is 31.0 Å². The van der Waals surface area contributed by atoms with Crippen LogP contribution >= 0.6 is 0 Å². The van der Waals surface area contributed by atoms with E-state index in [1.807, 2.05) is 0 Å². The molecule has 1 saturated heterocycles. The summed E-state index contributed by atoms with van der Waals surface area (Å²) in [7, 11) is 0. The molecule has 1 aromatic heterocycles. The van der Waals surface area contributed by atoms with Crippen LogP contribution in [0.4, 0.5) is 9.59 Å². The fourth-order valence-corrected chi connectivity index (χ4v) is 11.7. The first-order valence-corrected chi connectivity index (χ1v) is 36.7. The van der Waals surface area contributed by atoms with Gasteiger partial charge < -0.3 is 117 Å². The molecule has 39 heteroatoms. The van der Waals surface area contributed by atoms with Crippen molar-refractivity contribution in [1.29, 1.82) is 0 Å². The SMILES string of the molecule is CC[C@H](C)[C@H](NC(=O)[C@H](CC(N)=O)NC(=O)[C@H](CCCNC(N)=O)NC(=O)[C@H](Cc1ccccc1)NC(=O)[C@H](Cc1ccccc1)NC(=O)[C@H](Cc1cnc[nH]1)NC(=O)[C@@H](N)C(C)C)C(=O)N[C@H](C(=O)N[C@H](C(=O)N[C@@H](C)C(=O)N[C@@H](CCCNC(N)=O)C(=O)N[C@H](C(=O)N1CCC[C@H]1C(=O)O)[C@@H](C)O)[C@@H](C)O)C(C)C. The van der Waals surface area contributed by atoms with Crippen LogP contribution in [-0.2, 0) is 86.4 Å². The lowest BCUT2D eigenvalue weighted by molar-refractivity contribution is -0.150. The number of aliphatic hydroxyl groups is 2. The van der Waals surface area contributed by atoms with Gasteiger partial charge in [-0.3, -0.25) is 62.3 Å². The molecule has 0 bridgehead atoms. The van der Waals surface area contributed by atoms with Gasteiger partial charge in [0.25, 0.3) is 0 Å². The Labute approximate surface area is 642 Å². The topological polar surface area (TPSA) is 626 Å². The molecule has 2 aromatic carbocycles. The summed E-state index contributed by atoms with van der Waals surface area (Å²) in [6, 6.07) is -4.67. The zero-order valence-corrected chi connectivity index (χ0v) is 63.8. The summed E-state index contributed by atoms with van der Waals surface area (Å²) in [6.45, 7) is 12.9. The number of carbonyl (C=O) groups is 16. The molecule has 3 aromatic rings. The number of nitrogens with one attached hydrogen (secondary N) is 14. The lowest BCUT2D eigenvalue weighted by atomic mass is 9.95. The molecule has 4 rings (SSSR count). The minimum absolute atomic E-state index is 0.00108. The molecule has 39 nitrogen and oxygen atoms in total. The second-order valence-corrected chi connectivity index (χ2v) is 28.1. The normalized spacial score (nSPS) is 16.6. The number of rotatable bonds is 46. The van der Waals surface area contributed by atoms with Gasteiger partial charge in [-0.05, 0) is 88.2 Å². The van der Waals surface area contributed by atoms with E-state index in [0.29, 0.717) is 23.2 Å². The fraction of sp³-hybridized carbons (Fsp3) is 0.569. The number of urea groups is 2. The second-order valence-electron chi connectivity index (χ2n) is 28.1. The quantitative estimate of drug-likeness (QED) is 0.0236. The van der Waals surface area contributed by atoms with E-state index in [2.05, 4.69) is 79.1 Å². The van der Waals surface area contributed by atoms with E-state index in [9.17, 15) is 92.0 Å². The number of carbonyl (C=O) groups excluding carboxylic acids is 15. The van der Waals surface area contributed by atoms with E-state index in [4.69, 9.17) is 22.9 Å². The van der Waals surface area contributed by atoms with E-state index in [1.165, 1.54) is 40.2 Å². The van der Waals surface area contributed by atoms with Crippen LogP contribution < -0.4 is 92.1 Å². The first-order valence-electron chi connectivity index (χ1n) is 36.7. The van der Waals surface area contributed by atoms with Gasteiger partial charge in [0.2, 0.25) is 76.8 Å². The maximum Gasteiger partial charge on any atom is 0.326 e. The minimum atomic E-state index is -1.89. The average Bonchev–Trinajstić information content (AvgIpc) is 1.72. The fourth-order valence-electron chi connectivity index (χ4n) is 11.7. The number of carboxylic acid groups (broad SMARTS) is 1. The number of primary amides is 3. The number of nitrogens with two attached hydrogens (primary N) is 4. The van der Waals surface area contributed by atoms with Crippen molar-refractivity contribution in [1.82, 2.24) is 84.0 Å². The molecule has 1 aliphatic rings. The van der Waals surface area contributed by atoms with Gasteiger partial charge in [-0.2, -0.15) is 0 Å². The third-order valence-electron chi connectivity index (χ3n) is 18.4. The molecular formula is C72H110N20O19. The number of hydrogen-bond donors (Lipinski definition) is 21. The van der Waals surface area contributed by atoms with E-state index >= 15 is 0 Å². The van der Waals surface area contributed by atoms with Crippen molar-refractivity contribution in [2.45, 2.75) is 224 Å². The number of aliphatic hydroxyl groups excluding tert-OH is 2. The number of nitrogens with zero attached hydrogens (tertiary/aromatic N) is 2. The molecule has 2 heterocycles. The first-order chi connectivity index (χ1) is 52.3. The van der Waals surface area contributed by atoms with Gasteiger partial charge >= 0.3 is 18.0 Å². The molecule has 1 fully saturated rings. The number of aromatic amines is 1. The van der Waals surface area contributed by atoms with Crippen molar-refractivity contribution < 1.29 is 92.0 Å². The average molecular weight is 1560 g/mol. The van der Waals surface area contributed by atoms with Crippen molar-refractivity contribution in [3.8, 4) is 0 Å². The minimum Gasteiger partial charge on any atom is -0.480 e. The van der Waals surface area contributed by atoms with Crippen LogP contribution in [0.15, 0.2) is 73.2 Å². The molecule has 17 amide bonds. The molecule has 0 unspecified atom stereocenters. The third-order valence-corrected chi connectivity index (χ3v) is 18.4. The van der Waals surface area contributed by atoms with Gasteiger partial charge in [0, 0.05) is 50.8 Å². The Bertz CT molecular complexity index is 3660. The molecule has 612 valence electrons. The van der Waals surface area contributed by atoms with E-state index in [0.717, 1.165) is 11.8 Å². The summed E-state index contributed by atoms with van der Waals surface area (Å²) in [4.78, 5) is 227. The molecular weight excluding hydrogens is 1450 g/mol. The monoisotopic (exact) mass is 1560 g/mol. The van der Waals surface area contributed by atoms with Crippen molar-refractivity contribution in [2.75, 3.05) is 19.6 Å². The molecule has 0 aliphatic carbocycles. The lowest BCUT2D eigenvalue weighted by Crippen LogP contribution is -2.63. The van der Waals surface area contributed by atoms with E-state index in [1.54, 1.807) is 88.4 Å². The number of aliphatic carboxylic acids is 1. The summed E-state index contributed by atoms with van der Waals surface area (Å²) in [5.74, 6) is -16.1. The Balaban J connectivity index is 1.59. The van der Waals surface area contributed by atoms with Crippen molar-refractivity contribution in [3.05, 3.63) is 90.0 Å². The van der Waals surface area contributed by atoms with Crippen LogP contribution in [0.25, 0.3) is 0 Å². The number of amides is 17. The summed E-state index contributed by atoms with van der Waals surface area (Å²) < 4.78 is 0. The second kappa shape index (κ2) is 45.6. The number of hydrogen-bond acceptors (Lipinski definition) is 20. The molecule has 25 N–H and O–H groups in total. The molecule has 0 saturated carbocycles. The van der Waals surface area contributed by atoms with E-state index in [-0.39, 0.29) is 83.3 Å². The smallest absolute Gasteiger partial charge is 0.326 e. The number of carboxylic acids is 1. The van der Waals surface area contributed by atoms with Crippen molar-refractivity contribution >= 4 is 94.8 Å². The summed E-state index contributed by atoms with van der Waals surface area (Å²) in [6.07, 6.45) is -1.75. The van der Waals surface area contributed by atoms with Crippen LogP contribution in [0.3, 0.4) is 0 Å². The molecule has 0 spiro atoms. The highest BCUT2D eigenvalue weighted by Crippen LogP contribution is 2.21. The van der Waals surface area contributed by atoms with Crippen molar-refractivity contribution in [2.24, 2.45) is 40.7 Å². The highest BCUT2D eigenvalue weighted by atomic mass is 16.4. The van der Waals surface area contributed by atoms with Gasteiger partial charge in [-0.25, -0.2) is 19.4 Å². The lowest BCUT2D eigenvalue weighted by Gasteiger charge is -2.31. The van der Waals surface area contributed by atoms with Crippen LogP contribution in [0, 0.1) is 17.8 Å². The van der Waals surface area contributed by atoms with Crippen molar-refractivity contribution in [3.63, 3.8) is 0 Å². The van der Waals surface area contributed by atoms with E-state index < -0.39 is 204 Å². The molecule has 111 heavy (non-hydrogen) atoms. The van der Waals surface area contributed by atoms with Crippen LogP contribution in [0.5, 0.6) is 0 Å². The third kappa shape index (κ3) is 30.6. The highest BCUT2D eigenvalue weighted by molar-refractivity contribution is 6.01. The van der Waals surface area contributed by atoms with Crippen LogP contribution in [0.2, 0.25) is 0 Å². The maximum absolute atomic E-state index is 14.9. The summed E-state index contributed by atoms with van der Waals surface area (Å²) in [5, 5.41) is 63.8. The summed E-state index contributed by atoms with van der Waals surface area (Å²) >= 11 is 0. The number of benzene rings is 2. The molecule has 1 aliphatic heterocycles. The predicted octanol–water partition coefficient (Wildman–Crippen LogP) is -4.91. The van der Waals surface area contributed by atoms with Crippen LogP contribution in [0.1, 0.15) is 131 Å². The standard InChI is InChI=1S/C72H110N20O19/c1-10-38(6)55(67(105)88-54(37(4)5)66(104)90-56(40(8)93)68(106)81-39(7)58(96)82-46(25-18-28-79-72(76)111)60(98)91-57(41(9)94)69(107)92-29-19-26-51(92)70(108)109)89-64(102)50(33-52(73)95)86-59(97)45(24-17-27-78-71(75)110)83-61(99)47(30-42-20-13-11-14-21-42)84-62(100)48(31-43-22-15-12-16-23-43)85-63(101)49(32-44-34-77-35-80-44)87-65(103)53(74)36(2)3/h11-16,20-23,34-41,45-51,53-57,93-94H,10,17-19,24-33,74H2,1-9H3,(H2,73,95)(H,77,80)(H,81,106)(H,82,96)(H,83,99)(H,84,100)(H,85,101)(H,86,97)(H,87,103)(H,88,105)(H,89,102)(H,90,104)(H,91,98)(H,108,109)(H3,75,78,110)(H3,76,79,111)/t38-,39-,40+,41+,45-,46-,47-,48-,49-,50-,51-,53-,54-,55-,56-,57-/m0/s1. The Kier molecular flexibility index (Phi) is 37.8. The number of H-pyrrole nitrogens is 1. The summed E-state index contributed by atoms with van der Waals surface area (Å²) in [5.41, 5.74) is 23.9. The van der Waals surface area contributed by atoms with Gasteiger partial charge in [-0.1, -0.05) is 109 Å². The Hall–Kier alpha value is -11.3. The van der Waals surface area contributed by atoms with Gasteiger partial charge in [-0.15, -0.1) is 0 Å². The number of imidazole rings is 1. The zero-order valence-electron chi connectivity index (χ0n) is 63.8. The first kappa shape index (κ1) is 92.0. The molecule has 16 atom stereocenters. The highest BCUT2D eigenvalue weighted by Gasteiger charge is 2.42. The Morgan fingerprint density at radius 1 is 0.495 bits per heavy atom. The maximum atomic E-state index is 14.9. The largest absolute Gasteiger partial charge is 0.480 e. The number of likely N-dealkylation sites (tertiary alicyclic amines) is 1. The molecule has 0 radical (unpaired) electrons. The van der Waals surface area contributed by atoms with Gasteiger partial charge in [0.15, 0.2) is 0 Å². The van der Waals surface area contributed by atoms with Gasteiger partial charge in [0.1, 0.15) is 72.5 Å². The predicted molar refractivity (Wildman–Crippen MR) is 400 cm³/mol. The Morgan fingerprint density at radius 2 is 0.910 bits per heavy atom. The Morgan fingerprint density at radius 3 is 1.36 bits per heavy atom. The number of aromatic nitrogens is 2.